The largest absolute Gasteiger partial charge is 0.192 e. The van der Waals surface area contributed by atoms with Crippen LogP contribution in [-0.2, 0) is 6.42 Å². The standard InChI is InChI=1S/C9H7NS/c10-7-9-4-2-1-3-8(9)5-6-11/h1-4,6H,5H2. The van der Waals surface area contributed by atoms with Crippen LogP contribution in [0.1, 0.15) is 11.1 Å². The summed E-state index contributed by atoms with van der Waals surface area (Å²) in [7, 11) is 0. The Kier molecular flexibility index (Phi) is 2.76. The van der Waals surface area contributed by atoms with Crippen LogP contribution in [0, 0.1) is 11.3 Å². The molecule has 54 valence electrons. The molecule has 0 N–H and O–H groups in total. The first-order chi connectivity index (χ1) is 5.38. The lowest BCUT2D eigenvalue weighted by Crippen LogP contribution is -1.88. The number of benzene rings is 1. The Hall–Kier alpha value is -1.20. The van der Waals surface area contributed by atoms with Crippen molar-refractivity contribution in [2.75, 3.05) is 0 Å². The third-order valence-corrected chi connectivity index (χ3v) is 1.61. The summed E-state index contributed by atoms with van der Waals surface area (Å²) in [5, 5.41) is 10.3. The summed E-state index contributed by atoms with van der Waals surface area (Å²) in [4.78, 5) is 0. The van der Waals surface area contributed by atoms with Gasteiger partial charge in [-0.3, -0.25) is 0 Å². The maximum absolute atomic E-state index is 8.65. The van der Waals surface area contributed by atoms with Crippen molar-refractivity contribution in [3.05, 3.63) is 35.4 Å². The van der Waals surface area contributed by atoms with E-state index >= 15 is 0 Å². The second kappa shape index (κ2) is 3.85. The van der Waals surface area contributed by atoms with Crippen molar-refractivity contribution in [1.82, 2.24) is 0 Å². The highest BCUT2D eigenvalue weighted by Crippen LogP contribution is 2.06. The molecule has 0 radical (unpaired) electrons. The lowest BCUT2D eigenvalue weighted by atomic mass is 10.1. The van der Waals surface area contributed by atoms with E-state index in [4.69, 9.17) is 17.5 Å². The van der Waals surface area contributed by atoms with Gasteiger partial charge in [0.1, 0.15) is 0 Å². The van der Waals surface area contributed by atoms with Crippen LogP contribution in [0.25, 0.3) is 0 Å². The van der Waals surface area contributed by atoms with Gasteiger partial charge in [0, 0.05) is 6.42 Å². The first-order valence-electron chi connectivity index (χ1n) is 3.30. The van der Waals surface area contributed by atoms with Crippen LogP contribution in [-0.4, -0.2) is 5.37 Å². The van der Waals surface area contributed by atoms with Crippen LogP contribution >= 0.6 is 12.2 Å². The molecular formula is C9H7NS. The minimum Gasteiger partial charge on any atom is -0.192 e. The highest BCUT2D eigenvalue weighted by molar-refractivity contribution is 7.78. The topological polar surface area (TPSA) is 23.8 Å². The van der Waals surface area contributed by atoms with Crippen molar-refractivity contribution in [3.63, 3.8) is 0 Å². The molecule has 0 aliphatic rings. The molecule has 2 heteroatoms. The van der Waals surface area contributed by atoms with E-state index in [0.29, 0.717) is 12.0 Å². The molecule has 1 aromatic carbocycles. The molecule has 0 amide bonds. The molecule has 0 aliphatic carbocycles. The molecule has 0 spiro atoms. The molecule has 0 aromatic heterocycles. The summed E-state index contributed by atoms with van der Waals surface area (Å²) < 4.78 is 0. The third-order valence-electron chi connectivity index (χ3n) is 1.44. The SMILES string of the molecule is N#Cc1ccccc1CC=S. The van der Waals surface area contributed by atoms with Gasteiger partial charge in [-0.2, -0.15) is 5.26 Å². The number of nitriles is 1. The van der Waals surface area contributed by atoms with Crippen molar-refractivity contribution >= 4 is 17.6 Å². The highest BCUT2D eigenvalue weighted by atomic mass is 32.1. The summed E-state index contributed by atoms with van der Waals surface area (Å²) in [6, 6.07) is 9.60. The van der Waals surface area contributed by atoms with E-state index < -0.39 is 0 Å². The molecule has 0 saturated heterocycles. The fourth-order valence-corrected chi connectivity index (χ4v) is 1.08. The number of hydrogen-bond acceptors (Lipinski definition) is 2. The van der Waals surface area contributed by atoms with Crippen LogP contribution in [0.2, 0.25) is 0 Å². The maximum atomic E-state index is 8.65. The number of thiocarbonyl (C=S) groups is 1. The van der Waals surface area contributed by atoms with Crippen LogP contribution in [0.5, 0.6) is 0 Å². The smallest absolute Gasteiger partial charge is 0.0994 e. The van der Waals surface area contributed by atoms with Crippen molar-refractivity contribution in [2.45, 2.75) is 6.42 Å². The maximum Gasteiger partial charge on any atom is 0.0994 e. The zero-order chi connectivity index (χ0) is 8.10. The van der Waals surface area contributed by atoms with E-state index in [0.717, 1.165) is 5.56 Å². The van der Waals surface area contributed by atoms with Gasteiger partial charge in [0.2, 0.25) is 0 Å². The molecule has 0 atom stereocenters. The Morgan fingerprint density at radius 2 is 2.18 bits per heavy atom. The van der Waals surface area contributed by atoms with Gasteiger partial charge in [-0.1, -0.05) is 30.4 Å². The first kappa shape index (κ1) is 7.90. The quantitative estimate of drug-likeness (QED) is 0.620. The molecule has 1 aromatic rings. The van der Waals surface area contributed by atoms with Gasteiger partial charge < -0.3 is 0 Å². The molecule has 0 saturated carbocycles. The van der Waals surface area contributed by atoms with Crippen LogP contribution < -0.4 is 0 Å². The number of rotatable bonds is 2. The van der Waals surface area contributed by atoms with Crippen molar-refractivity contribution < 1.29 is 0 Å². The van der Waals surface area contributed by atoms with E-state index in [9.17, 15) is 0 Å². The summed E-state index contributed by atoms with van der Waals surface area (Å²) in [5.41, 5.74) is 1.72. The summed E-state index contributed by atoms with van der Waals surface area (Å²) >= 11 is 4.71. The van der Waals surface area contributed by atoms with Crippen molar-refractivity contribution in [3.8, 4) is 6.07 Å². The van der Waals surface area contributed by atoms with E-state index in [1.54, 1.807) is 11.4 Å². The molecule has 0 unspecified atom stereocenters. The lowest BCUT2D eigenvalue weighted by Gasteiger charge is -1.96. The van der Waals surface area contributed by atoms with E-state index in [1.165, 1.54) is 0 Å². The molecule has 0 aliphatic heterocycles. The molecule has 0 fully saturated rings. The third kappa shape index (κ3) is 1.86. The van der Waals surface area contributed by atoms with Crippen molar-refractivity contribution in [1.29, 1.82) is 5.26 Å². The summed E-state index contributed by atoms with van der Waals surface area (Å²) in [6.07, 6.45) is 0.694. The number of nitrogens with zero attached hydrogens (tertiary/aromatic N) is 1. The summed E-state index contributed by atoms with van der Waals surface area (Å²) in [6.45, 7) is 0. The molecule has 0 bridgehead atoms. The molecule has 1 rings (SSSR count). The van der Waals surface area contributed by atoms with E-state index in [2.05, 4.69) is 6.07 Å². The fraction of sp³-hybridized carbons (Fsp3) is 0.111. The predicted octanol–water partition coefficient (Wildman–Crippen LogP) is 2.10. The average Bonchev–Trinajstić information content (AvgIpc) is 2.06. The van der Waals surface area contributed by atoms with Crippen LogP contribution in [0.3, 0.4) is 0 Å². The van der Waals surface area contributed by atoms with Crippen LogP contribution in [0.4, 0.5) is 0 Å². The van der Waals surface area contributed by atoms with Gasteiger partial charge in [-0.15, -0.1) is 0 Å². The molecule has 0 heterocycles. The Balaban J connectivity index is 3.04. The zero-order valence-electron chi connectivity index (χ0n) is 5.95. The average molecular weight is 161 g/mol. The van der Waals surface area contributed by atoms with Gasteiger partial charge in [0.05, 0.1) is 11.6 Å². The molecular weight excluding hydrogens is 154 g/mol. The normalized spacial score (nSPS) is 8.64. The van der Waals surface area contributed by atoms with Gasteiger partial charge in [0.15, 0.2) is 0 Å². The highest BCUT2D eigenvalue weighted by Gasteiger charge is 1.96. The van der Waals surface area contributed by atoms with Crippen molar-refractivity contribution in [2.24, 2.45) is 0 Å². The van der Waals surface area contributed by atoms with Gasteiger partial charge >= 0.3 is 0 Å². The molecule has 1 nitrogen and oxygen atoms in total. The lowest BCUT2D eigenvalue weighted by molar-refractivity contribution is 1.33. The summed E-state index contributed by atoms with van der Waals surface area (Å²) in [5.74, 6) is 0. The zero-order valence-corrected chi connectivity index (χ0v) is 6.77. The van der Waals surface area contributed by atoms with Gasteiger partial charge in [-0.05, 0) is 17.0 Å². The number of hydrogen-bond donors (Lipinski definition) is 0. The van der Waals surface area contributed by atoms with Crippen LogP contribution in [0.15, 0.2) is 24.3 Å². The van der Waals surface area contributed by atoms with E-state index in [1.807, 2.05) is 18.2 Å². The van der Waals surface area contributed by atoms with Gasteiger partial charge in [-0.25, -0.2) is 0 Å². The minimum atomic E-state index is 0.694. The van der Waals surface area contributed by atoms with Gasteiger partial charge in [0.25, 0.3) is 0 Å². The Morgan fingerprint density at radius 3 is 2.82 bits per heavy atom. The monoisotopic (exact) mass is 161 g/mol. The first-order valence-corrected chi connectivity index (χ1v) is 3.77. The Labute approximate surface area is 71.3 Å². The Morgan fingerprint density at radius 1 is 1.45 bits per heavy atom. The predicted molar refractivity (Wildman–Crippen MR) is 48.5 cm³/mol. The fourth-order valence-electron chi connectivity index (χ4n) is 0.897. The Bertz CT molecular complexity index is 299. The minimum absolute atomic E-state index is 0.694. The second-order valence-corrected chi connectivity index (χ2v) is 2.47. The molecule has 11 heavy (non-hydrogen) atoms. The van der Waals surface area contributed by atoms with E-state index in [-0.39, 0.29) is 0 Å². The second-order valence-electron chi connectivity index (χ2n) is 2.14.